The van der Waals surface area contributed by atoms with Crippen LogP contribution < -0.4 is 9.47 Å². The molecule has 0 radical (unpaired) electrons. The summed E-state index contributed by atoms with van der Waals surface area (Å²) in [5, 5.41) is 14.5. The van der Waals surface area contributed by atoms with E-state index >= 15 is 0 Å². The maximum absolute atomic E-state index is 8.94. The van der Waals surface area contributed by atoms with Gasteiger partial charge in [-0.25, -0.2) is 9.50 Å². The highest BCUT2D eigenvalue weighted by atomic mass is 32.1. The van der Waals surface area contributed by atoms with Crippen molar-refractivity contribution in [3.63, 3.8) is 0 Å². The van der Waals surface area contributed by atoms with Gasteiger partial charge >= 0.3 is 0 Å². The lowest BCUT2D eigenvalue weighted by Gasteiger charge is -2.07. The van der Waals surface area contributed by atoms with Crippen LogP contribution in [0.2, 0.25) is 0 Å². The van der Waals surface area contributed by atoms with Crippen LogP contribution in [0.3, 0.4) is 0 Å². The van der Waals surface area contributed by atoms with Crippen LogP contribution in [0.4, 0.5) is 0 Å². The second-order valence-electron chi connectivity index (χ2n) is 5.50. The van der Waals surface area contributed by atoms with Crippen molar-refractivity contribution in [2.24, 2.45) is 0 Å². The van der Waals surface area contributed by atoms with Crippen LogP contribution >= 0.6 is 11.3 Å². The van der Waals surface area contributed by atoms with Gasteiger partial charge in [0.05, 0.1) is 37.7 Å². The number of rotatable bonds is 4. The largest absolute Gasteiger partial charge is 0.493 e. The first kappa shape index (κ1) is 16.1. The van der Waals surface area contributed by atoms with Crippen LogP contribution in [-0.2, 0) is 0 Å². The van der Waals surface area contributed by atoms with Gasteiger partial charge < -0.3 is 9.47 Å². The number of imidazole rings is 1. The predicted molar refractivity (Wildman–Crippen MR) is 99.6 cm³/mol. The van der Waals surface area contributed by atoms with Gasteiger partial charge in [0.2, 0.25) is 4.96 Å². The molecule has 6 nitrogen and oxygen atoms in total. The minimum absolute atomic E-state index is 0.624. The fraction of sp³-hybridized carbons (Fsp3) is 0.105. The number of ether oxygens (including phenoxy) is 2. The van der Waals surface area contributed by atoms with E-state index in [-0.39, 0.29) is 0 Å². The molecule has 0 fully saturated rings. The van der Waals surface area contributed by atoms with E-state index in [1.54, 1.807) is 32.5 Å². The monoisotopic (exact) mass is 362 g/mol. The molecule has 0 atom stereocenters. The summed E-state index contributed by atoms with van der Waals surface area (Å²) in [5.41, 5.74) is 3.40. The third-order valence-electron chi connectivity index (χ3n) is 4.03. The average Bonchev–Trinajstić information content (AvgIpc) is 3.28. The first-order chi connectivity index (χ1) is 12.7. The SMILES string of the molecule is COc1ccc(-c2nn3c(-c4ccc(C#N)cc4)cnc3s2)cc1OC. The number of hydrogen-bond donors (Lipinski definition) is 0. The second-order valence-corrected chi connectivity index (χ2v) is 6.46. The Labute approximate surface area is 153 Å². The molecule has 0 N–H and O–H groups in total. The predicted octanol–water partition coefficient (Wildman–Crippen LogP) is 4.01. The summed E-state index contributed by atoms with van der Waals surface area (Å²) >= 11 is 1.50. The van der Waals surface area contributed by atoms with Crippen LogP contribution in [0.25, 0.3) is 26.8 Å². The van der Waals surface area contributed by atoms with E-state index < -0.39 is 0 Å². The first-order valence-corrected chi connectivity index (χ1v) is 8.62. The third kappa shape index (κ3) is 2.66. The lowest BCUT2D eigenvalue weighted by molar-refractivity contribution is 0.355. The van der Waals surface area contributed by atoms with E-state index in [2.05, 4.69) is 11.1 Å². The summed E-state index contributed by atoms with van der Waals surface area (Å²) in [7, 11) is 3.22. The molecule has 0 aliphatic heterocycles. The van der Waals surface area contributed by atoms with E-state index in [4.69, 9.17) is 19.8 Å². The van der Waals surface area contributed by atoms with Crippen LogP contribution in [0, 0.1) is 11.3 Å². The molecule has 0 unspecified atom stereocenters. The number of hydrogen-bond acceptors (Lipinski definition) is 6. The minimum atomic E-state index is 0.624. The van der Waals surface area contributed by atoms with Gasteiger partial charge in [-0.05, 0) is 30.3 Å². The lowest BCUT2D eigenvalue weighted by atomic mass is 10.1. The van der Waals surface area contributed by atoms with Gasteiger partial charge in [-0.1, -0.05) is 23.5 Å². The molecule has 7 heteroatoms. The molecule has 0 amide bonds. The second kappa shape index (κ2) is 6.50. The maximum atomic E-state index is 8.94. The number of fused-ring (bicyclic) bond motifs is 1. The minimum Gasteiger partial charge on any atom is -0.493 e. The molecule has 0 bridgehead atoms. The normalized spacial score (nSPS) is 10.7. The van der Waals surface area contributed by atoms with E-state index in [1.165, 1.54) is 11.3 Å². The van der Waals surface area contributed by atoms with E-state index in [0.29, 0.717) is 17.1 Å². The van der Waals surface area contributed by atoms with Crippen molar-refractivity contribution in [2.75, 3.05) is 14.2 Å². The Kier molecular flexibility index (Phi) is 4.03. The third-order valence-corrected chi connectivity index (χ3v) is 5.00. The Bertz CT molecular complexity index is 1120. The zero-order valence-electron chi connectivity index (χ0n) is 14.1. The molecular formula is C19H14N4O2S. The van der Waals surface area contributed by atoms with Gasteiger partial charge in [0.15, 0.2) is 11.5 Å². The van der Waals surface area contributed by atoms with E-state index in [0.717, 1.165) is 26.8 Å². The van der Waals surface area contributed by atoms with Crippen LogP contribution in [0.1, 0.15) is 5.56 Å². The highest BCUT2D eigenvalue weighted by Crippen LogP contribution is 2.35. The van der Waals surface area contributed by atoms with Gasteiger partial charge in [0.1, 0.15) is 5.01 Å². The van der Waals surface area contributed by atoms with Gasteiger partial charge in [-0.2, -0.15) is 10.4 Å². The Hall–Kier alpha value is -3.37. The van der Waals surface area contributed by atoms with Crippen molar-refractivity contribution in [3.8, 4) is 39.4 Å². The highest BCUT2D eigenvalue weighted by molar-refractivity contribution is 7.19. The van der Waals surface area contributed by atoms with E-state index in [1.807, 2.05) is 34.8 Å². The Morgan fingerprint density at radius 2 is 1.73 bits per heavy atom. The highest BCUT2D eigenvalue weighted by Gasteiger charge is 2.14. The van der Waals surface area contributed by atoms with Crippen molar-refractivity contribution in [2.45, 2.75) is 0 Å². The number of nitrogens with zero attached hydrogens (tertiary/aromatic N) is 4. The summed E-state index contributed by atoms with van der Waals surface area (Å²) in [5.74, 6) is 1.33. The molecule has 2 aromatic carbocycles. The van der Waals surface area contributed by atoms with Gasteiger partial charge in [0.25, 0.3) is 0 Å². The number of nitriles is 1. The van der Waals surface area contributed by atoms with Crippen LogP contribution in [0.5, 0.6) is 11.5 Å². The van der Waals surface area contributed by atoms with Crippen molar-refractivity contribution >= 4 is 16.3 Å². The lowest BCUT2D eigenvalue weighted by Crippen LogP contribution is -1.92. The maximum Gasteiger partial charge on any atom is 0.213 e. The molecule has 4 aromatic rings. The van der Waals surface area contributed by atoms with Crippen LogP contribution in [0.15, 0.2) is 48.7 Å². The summed E-state index contributed by atoms with van der Waals surface area (Å²) < 4.78 is 12.5. The first-order valence-electron chi connectivity index (χ1n) is 7.81. The molecule has 128 valence electrons. The van der Waals surface area contributed by atoms with Crippen molar-refractivity contribution in [1.82, 2.24) is 14.6 Å². The van der Waals surface area contributed by atoms with Crippen molar-refractivity contribution in [3.05, 3.63) is 54.2 Å². The summed E-state index contributed by atoms with van der Waals surface area (Å²) in [6.07, 6.45) is 1.79. The molecule has 0 aliphatic carbocycles. The molecule has 0 aliphatic rings. The van der Waals surface area contributed by atoms with Gasteiger partial charge in [-0.3, -0.25) is 0 Å². The van der Waals surface area contributed by atoms with Crippen molar-refractivity contribution < 1.29 is 9.47 Å². The molecule has 0 saturated carbocycles. The molecule has 26 heavy (non-hydrogen) atoms. The van der Waals surface area contributed by atoms with Crippen LogP contribution in [-0.4, -0.2) is 28.8 Å². The molecule has 4 rings (SSSR count). The summed E-state index contributed by atoms with van der Waals surface area (Å²) in [6.45, 7) is 0. The molecule has 0 spiro atoms. The number of methoxy groups -OCH3 is 2. The Morgan fingerprint density at radius 1 is 1.00 bits per heavy atom. The molecule has 0 saturated heterocycles. The van der Waals surface area contributed by atoms with Crippen molar-refractivity contribution in [1.29, 1.82) is 5.26 Å². The fourth-order valence-electron chi connectivity index (χ4n) is 2.69. The standard InChI is InChI=1S/C19H14N4O2S/c1-24-16-8-7-14(9-17(16)25-2)18-22-23-15(11-21-19(23)26-18)13-5-3-12(10-20)4-6-13/h3-9,11H,1-2H3. The van der Waals surface area contributed by atoms with Gasteiger partial charge in [-0.15, -0.1) is 0 Å². The quantitative estimate of drug-likeness (QED) is 0.548. The fourth-order valence-corrected chi connectivity index (χ4v) is 3.56. The summed E-state index contributed by atoms with van der Waals surface area (Å²) in [6, 6.07) is 15.2. The molecule has 2 aromatic heterocycles. The van der Waals surface area contributed by atoms with E-state index in [9.17, 15) is 0 Å². The number of aromatic nitrogens is 3. The molecule has 2 heterocycles. The zero-order chi connectivity index (χ0) is 18.1. The Balaban J connectivity index is 1.77. The summed E-state index contributed by atoms with van der Waals surface area (Å²) in [4.78, 5) is 5.26. The topological polar surface area (TPSA) is 72.4 Å². The smallest absolute Gasteiger partial charge is 0.213 e. The average molecular weight is 362 g/mol. The zero-order valence-corrected chi connectivity index (χ0v) is 14.9. The number of benzene rings is 2. The van der Waals surface area contributed by atoms with Gasteiger partial charge in [0, 0.05) is 11.1 Å². The molecular weight excluding hydrogens is 348 g/mol. The Morgan fingerprint density at radius 3 is 2.42 bits per heavy atom.